The van der Waals surface area contributed by atoms with Crippen LogP contribution in [0.5, 0.6) is 0 Å². The third-order valence-corrected chi connectivity index (χ3v) is 5.61. The lowest BCUT2D eigenvalue weighted by atomic mass is 10.1. The summed E-state index contributed by atoms with van der Waals surface area (Å²) in [6.07, 6.45) is 5.20. The Morgan fingerprint density at radius 1 is 1.03 bits per heavy atom. The van der Waals surface area contributed by atoms with Crippen molar-refractivity contribution >= 4 is 11.8 Å². The third kappa shape index (κ3) is 6.66. The number of carbonyl (C=O) groups is 2. The van der Waals surface area contributed by atoms with E-state index >= 15 is 0 Å². The lowest BCUT2D eigenvalue weighted by Gasteiger charge is -2.20. The van der Waals surface area contributed by atoms with Crippen molar-refractivity contribution in [1.82, 2.24) is 16.1 Å². The van der Waals surface area contributed by atoms with Crippen LogP contribution in [0.25, 0.3) is 0 Å². The molecular formula is C25H30N4O3. The van der Waals surface area contributed by atoms with Gasteiger partial charge in [-0.1, -0.05) is 36.8 Å². The first kappa shape index (κ1) is 23.5. The van der Waals surface area contributed by atoms with Crippen molar-refractivity contribution in [3.63, 3.8) is 0 Å². The second-order valence-corrected chi connectivity index (χ2v) is 8.17. The molecule has 168 valence electrons. The summed E-state index contributed by atoms with van der Waals surface area (Å²) in [5, 5.41) is 14.9. The summed E-state index contributed by atoms with van der Waals surface area (Å²) in [6.45, 7) is 2.45. The Balaban J connectivity index is 1.56. The van der Waals surface area contributed by atoms with E-state index in [0.717, 1.165) is 17.7 Å². The molecule has 0 radical (unpaired) electrons. The predicted octanol–water partition coefficient (Wildman–Crippen LogP) is 2.07. The first-order valence-electron chi connectivity index (χ1n) is 10.9. The van der Waals surface area contributed by atoms with Gasteiger partial charge >= 0.3 is 0 Å². The van der Waals surface area contributed by atoms with E-state index < -0.39 is 23.9 Å². The number of nitrogens with two attached hydrogens (primary N) is 1. The minimum absolute atomic E-state index is 0.367. The zero-order valence-corrected chi connectivity index (χ0v) is 18.2. The molecule has 3 rings (SSSR count). The first-order valence-corrected chi connectivity index (χ1v) is 10.9. The monoisotopic (exact) mass is 434 g/mol. The molecule has 6 N–H and O–H groups in total. The normalized spacial score (nSPS) is 15.3. The van der Waals surface area contributed by atoms with E-state index in [-0.39, 0.29) is 0 Å². The van der Waals surface area contributed by atoms with Gasteiger partial charge in [0.1, 0.15) is 6.04 Å². The summed E-state index contributed by atoms with van der Waals surface area (Å²) in [4.78, 5) is 24.0. The molecule has 7 heteroatoms. The van der Waals surface area contributed by atoms with Crippen molar-refractivity contribution in [2.75, 3.05) is 0 Å². The Bertz CT molecular complexity index is 969. The van der Waals surface area contributed by atoms with Crippen molar-refractivity contribution in [1.29, 1.82) is 0 Å². The van der Waals surface area contributed by atoms with Gasteiger partial charge in [-0.2, -0.15) is 0 Å². The van der Waals surface area contributed by atoms with Gasteiger partial charge in [-0.05, 0) is 61.7 Å². The molecular weight excluding hydrogens is 404 g/mol. The van der Waals surface area contributed by atoms with Gasteiger partial charge in [0, 0.05) is 35.3 Å². The molecule has 7 nitrogen and oxygen atoms in total. The van der Waals surface area contributed by atoms with Crippen LogP contribution in [0, 0.1) is 11.8 Å². The minimum Gasteiger partial charge on any atom is -0.339 e. The zero-order chi connectivity index (χ0) is 22.9. The van der Waals surface area contributed by atoms with Gasteiger partial charge in [-0.15, -0.1) is 0 Å². The van der Waals surface area contributed by atoms with Crippen molar-refractivity contribution < 1.29 is 14.8 Å². The van der Waals surface area contributed by atoms with Gasteiger partial charge < -0.3 is 16.4 Å². The fraction of sp³-hybridized carbons (Fsp3) is 0.360. The Labute approximate surface area is 188 Å². The van der Waals surface area contributed by atoms with Gasteiger partial charge in [0.15, 0.2) is 0 Å². The molecule has 2 amide bonds. The maximum absolute atomic E-state index is 12.4. The average molecular weight is 435 g/mol. The SMILES string of the molecule is C[C@@H](N)[C@H](NC(=O)c1ccc(C#Cc2ccc(CNC3CCCC3)cc2)cc1)C(=O)NO. The summed E-state index contributed by atoms with van der Waals surface area (Å²) in [7, 11) is 0. The first-order chi connectivity index (χ1) is 15.5. The topological polar surface area (TPSA) is 116 Å². The predicted molar refractivity (Wildman–Crippen MR) is 123 cm³/mol. The number of hydroxylamine groups is 1. The van der Waals surface area contributed by atoms with E-state index in [1.165, 1.54) is 36.7 Å². The molecule has 2 atom stereocenters. The van der Waals surface area contributed by atoms with Crippen molar-refractivity contribution in [3.8, 4) is 11.8 Å². The molecule has 0 unspecified atom stereocenters. The average Bonchev–Trinajstić information content (AvgIpc) is 3.34. The lowest BCUT2D eigenvalue weighted by molar-refractivity contribution is -0.131. The molecule has 0 aromatic heterocycles. The smallest absolute Gasteiger partial charge is 0.267 e. The molecule has 1 aliphatic carbocycles. The van der Waals surface area contributed by atoms with Gasteiger partial charge in [0.25, 0.3) is 11.8 Å². The highest BCUT2D eigenvalue weighted by Crippen LogP contribution is 2.18. The van der Waals surface area contributed by atoms with Crippen molar-refractivity contribution in [2.24, 2.45) is 5.73 Å². The second-order valence-electron chi connectivity index (χ2n) is 8.17. The Morgan fingerprint density at radius 2 is 1.59 bits per heavy atom. The lowest BCUT2D eigenvalue weighted by Crippen LogP contribution is -2.54. The summed E-state index contributed by atoms with van der Waals surface area (Å²) in [5.41, 5.74) is 10.5. The standard InChI is InChI=1S/C25H30N4O3/c1-17(26)23(25(31)29-32)28-24(30)21-14-12-19(13-15-21)7-6-18-8-10-20(11-9-18)16-27-22-4-2-3-5-22/h8-15,17,22-23,27,32H,2-5,16,26H2,1H3,(H,28,30)(H,29,31)/t17-,23+/m1/s1. The van der Waals surface area contributed by atoms with E-state index in [1.54, 1.807) is 31.2 Å². The van der Waals surface area contributed by atoms with Crippen LogP contribution in [-0.2, 0) is 11.3 Å². The van der Waals surface area contributed by atoms with E-state index in [2.05, 4.69) is 34.6 Å². The molecule has 1 fully saturated rings. The summed E-state index contributed by atoms with van der Waals surface area (Å²) in [5.74, 6) is 5.00. The summed E-state index contributed by atoms with van der Waals surface area (Å²) in [6, 6.07) is 13.9. The maximum Gasteiger partial charge on any atom is 0.267 e. The molecule has 0 heterocycles. The molecule has 0 saturated heterocycles. The second kappa shape index (κ2) is 11.4. The summed E-state index contributed by atoms with van der Waals surface area (Å²) >= 11 is 0. The van der Waals surface area contributed by atoms with Crippen LogP contribution in [0.2, 0.25) is 0 Å². The highest BCUT2D eigenvalue weighted by atomic mass is 16.5. The molecule has 2 aromatic rings. The van der Waals surface area contributed by atoms with Crippen LogP contribution in [0.1, 0.15) is 59.7 Å². The van der Waals surface area contributed by atoms with Crippen LogP contribution >= 0.6 is 0 Å². The molecule has 0 aliphatic heterocycles. The third-order valence-electron chi connectivity index (χ3n) is 5.61. The van der Waals surface area contributed by atoms with Crippen LogP contribution in [-0.4, -0.2) is 35.1 Å². The number of rotatable bonds is 7. The Hall–Kier alpha value is -3.18. The van der Waals surface area contributed by atoms with Gasteiger partial charge in [-0.25, -0.2) is 5.48 Å². The molecule has 0 bridgehead atoms. The van der Waals surface area contributed by atoms with Crippen molar-refractivity contribution in [3.05, 3.63) is 70.8 Å². The van der Waals surface area contributed by atoms with Crippen LogP contribution < -0.4 is 21.8 Å². The highest BCUT2D eigenvalue weighted by molar-refractivity contribution is 5.97. The Kier molecular flexibility index (Phi) is 8.40. The van der Waals surface area contributed by atoms with Crippen LogP contribution in [0.3, 0.4) is 0 Å². The molecule has 1 saturated carbocycles. The van der Waals surface area contributed by atoms with Gasteiger partial charge in [0.2, 0.25) is 0 Å². The van der Waals surface area contributed by atoms with Crippen LogP contribution in [0.4, 0.5) is 0 Å². The number of carbonyl (C=O) groups excluding carboxylic acids is 2. The number of benzene rings is 2. The molecule has 2 aromatic carbocycles. The van der Waals surface area contributed by atoms with Gasteiger partial charge in [0.05, 0.1) is 0 Å². The fourth-order valence-electron chi connectivity index (χ4n) is 3.68. The molecule has 1 aliphatic rings. The quantitative estimate of drug-likeness (QED) is 0.260. The van der Waals surface area contributed by atoms with Gasteiger partial charge in [-0.3, -0.25) is 14.8 Å². The fourth-order valence-corrected chi connectivity index (χ4v) is 3.68. The number of hydrogen-bond donors (Lipinski definition) is 5. The zero-order valence-electron chi connectivity index (χ0n) is 18.2. The maximum atomic E-state index is 12.4. The molecule has 0 spiro atoms. The largest absolute Gasteiger partial charge is 0.339 e. The van der Waals surface area contributed by atoms with Crippen LogP contribution in [0.15, 0.2) is 48.5 Å². The molecule has 32 heavy (non-hydrogen) atoms. The Morgan fingerprint density at radius 3 is 2.12 bits per heavy atom. The number of hydrogen-bond acceptors (Lipinski definition) is 5. The number of amides is 2. The summed E-state index contributed by atoms with van der Waals surface area (Å²) < 4.78 is 0. The van der Waals surface area contributed by atoms with E-state index in [0.29, 0.717) is 11.6 Å². The van der Waals surface area contributed by atoms with E-state index in [4.69, 9.17) is 10.9 Å². The highest BCUT2D eigenvalue weighted by Gasteiger charge is 2.24. The minimum atomic E-state index is -1.04. The van der Waals surface area contributed by atoms with E-state index in [1.807, 2.05) is 12.1 Å². The number of nitrogens with one attached hydrogen (secondary N) is 3. The van der Waals surface area contributed by atoms with Crippen molar-refractivity contribution in [2.45, 2.75) is 57.3 Å². The van der Waals surface area contributed by atoms with E-state index in [9.17, 15) is 9.59 Å².